The molecule has 2 rings (SSSR count). The highest BCUT2D eigenvalue weighted by Crippen LogP contribution is 2.50. The first kappa shape index (κ1) is 8.10. The summed E-state index contributed by atoms with van der Waals surface area (Å²) in [6, 6.07) is 2.48. The van der Waals surface area contributed by atoms with Crippen molar-refractivity contribution in [1.82, 2.24) is 0 Å². The Labute approximate surface area is 74.8 Å². The lowest BCUT2D eigenvalue weighted by atomic mass is 9.94. The molecule has 0 atom stereocenters. The van der Waals surface area contributed by atoms with E-state index in [0.29, 0.717) is 0 Å². The molecule has 0 aromatic rings. The van der Waals surface area contributed by atoms with Gasteiger partial charge in [-0.2, -0.15) is 5.26 Å². The first-order valence-corrected chi connectivity index (χ1v) is 5.26. The SMILES string of the molecule is N#CC1(CCC2CCCC2)CC1. The van der Waals surface area contributed by atoms with E-state index in [1.807, 2.05) is 0 Å². The van der Waals surface area contributed by atoms with Crippen molar-refractivity contribution in [2.24, 2.45) is 11.3 Å². The van der Waals surface area contributed by atoms with Gasteiger partial charge in [0, 0.05) is 0 Å². The zero-order valence-corrected chi connectivity index (χ0v) is 7.68. The Kier molecular flexibility index (Phi) is 2.09. The van der Waals surface area contributed by atoms with Gasteiger partial charge in [0.25, 0.3) is 0 Å². The average molecular weight is 163 g/mol. The van der Waals surface area contributed by atoms with Crippen molar-refractivity contribution in [3.05, 3.63) is 0 Å². The molecule has 2 fully saturated rings. The van der Waals surface area contributed by atoms with Crippen LogP contribution in [0, 0.1) is 22.7 Å². The molecule has 0 amide bonds. The van der Waals surface area contributed by atoms with Gasteiger partial charge in [-0.25, -0.2) is 0 Å². The standard InChI is InChI=1S/C11H17N/c12-9-11(7-8-11)6-5-10-3-1-2-4-10/h10H,1-8H2. The van der Waals surface area contributed by atoms with Gasteiger partial charge in [-0.15, -0.1) is 0 Å². The number of hydrogen-bond acceptors (Lipinski definition) is 1. The Balaban J connectivity index is 1.71. The summed E-state index contributed by atoms with van der Waals surface area (Å²) < 4.78 is 0. The fourth-order valence-electron chi connectivity index (χ4n) is 2.35. The molecule has 0 unspecified atom stereocenters. The van der Waals surface area contributed by atoms with E-state index in [9.17, 15) is 0 Å². The van der Waals surface area contributed by atoms with Crippen molar-refractivity contribution < 1.29 is 0 Å². The third-order valence-electron chi connectivity index (χ3n) is 3.60. The number of nitriles is 1. The van der Waals surface area contributed by atoms with E-state index in [4.69, 9.17) is 5.26 Å². The molecule has 0 aromatic carbocycles. The van der Waals surface area contributed by atoms with Crippen molar-refractivity contribution in [3.63, 3.8) is 0 Å². The quantitative estimate of drug-likeness (QED) is 0.626. The molecule has 0 aliphatic heterocycles. The van der Waals surface area contributed by atoms with Gasteiger partial charge < -0.3 is 0 Å². The highest BCUT2D eigenvalue weighted by atomic mass is 14.5. The van der Waals surface area contributed by atoms with Gasteiger partial charge in [0.1, 0.15) is 0 Å². The largest absolute Gasteiger partial charge is 0.198 e. The molecule has 0 bridgehead atoms. The Morgan fingerprint density at radius 2 is 1.92 bits per heavy atom. The summed E-state index contributed by atoms with van der Waals surface area (Å²) in [6.07, 6.45) is 10.6. The molecular weight excluding hydrogens is 146 g/mol. The van der Waals surface area contributed by atoms with E-state index >= 15 is 0 Å². The van der Waals surface area contributed by atoms with Crippen LogP contribution in [0.1, 0.15) is 51.4 Å². The minimum atomic E-state index is 0.155. The van der Waals surface area contributed by atoms with Crippen LogP contribution in [0.2, 0.25) is 0 Å². The van der Waals surface area contributed by atoms with Gasteiger partial charge in [-0.1, -0.05) is 25.7 Å². The van der Waals surface area contributed by atoms with Gasteiger partial charge in [0.2, 0.25) is 0 Å². The monoisotopic (exact) mass is 163 g/mol. The minimum Gasteiger partial charge on any atom is -0.198 e. The maximum Gasteiger partial charge on any atom is 0.0689 e. The molecule has 2 aliphatic rings. The van der Waals surface area contributed by atoms with Crippen molar-refractivity contribution in [2.45, 2.75) is 51.4 Å². The van der Waals surface area contributed by atoms with Crippen molar-refractivity contribution in [2.75, 3.05) is 0 Å². The number of rotatable bonds is 3. The molecule has 1 heteroatoms. The predicted molar refractivity (Wildman–Crippen MR) is 48.5 cm³/mol. The Morgan fingerprint density at radius 3 is 2.42 bits per heavy atom. The highest BCUT2D eigenvalue weighted by molar-refractivity contribution is 5.09. The van der Waals surface area contributed by atoms with Crippen LogP contribution in [-0.4, -0.2) is 0 Å². The molecule has 66 valence electrons. The van der Waals surface area contributed by atoms with E-state index < -0.39 is 0 Å². The average Bonchev–Trinajstić information content (AvgIpc) is 2.70. The molecule has 0 N–H and O–H groups in total. The number of nitrogens with zero attached hydrogens (tertiary/aromatic N) is 1. The van der Waals surface area contributed by atoms with E-state index in [0.717, 1.165) is 5.92 Å². The summed E-state index contributed by atoms with van der Waals surface area (Å²) in [6.45, 7) is 0. The smallest absolute Gasteiger partial charge is 0.0689 e. The van der Waals surface area contributed by atoms with Gasteiger partial charge in [-0.3, -0.25) is 0 Å². The maximum absolute atomic E-state index is 8.88. The fourth-order valence-corrected chi connectivity index (χ4v) is 2.35. The van der Waals surface area contributed by atoms with E-state index in [2.05, 4.69) is 6.07 Å². The van der Waals surface area contributed by atoms with Crippen molar-refractivity contribution in [1.29, 1.82) is 5.26 Å². The van der Waals surface area contributed by atoms with Gasteiger partial charge in [0.15, 0.2) is 0 Å². The van der Waals surface area contributed by atoms with Crippen LogP contribution in [0.5, 0.6) is 0 Å². The molecule has 0 saturated heterocycles. The molecular formula is C11H17N. The van der Waals surface area contributed by atoms with Crippen LogP contribution in [0.4, 0.5) is 0 Å². The molecule has 0 spiro atoms. The van der Waals surface area contributed by atoms with Crippen LogP contribution in [-0.2, 0) is 0 Å². The lowest BCUT2D eigenvalue weighted by Crippen LogP contribution is -2.01. The topological polar surface area (TPSA) is 23.8 Å². The maximum atomic E-state index is 8.88. The molecule has 2 aliphatic carbocycles. The molecule has 2 saturated carbocycles. The van der Waals surface area contributed by atoms with Crippen LogP contribution in [0.3, 0.4) is 0 Å². The van der Waals surface area contributed by atoms with Gasteiger partial charge in [-0.05, 0) is 31.6 Å². The van der Waals surface area contributed by atoms with E-state index in [1.165, 1.54) is 51.4 Å². The highest BCUT2D eigenvalue weighted by Gasteiger charge is 2.42. The Bertz CT molecular complexity index is 192. The summed E-state index contributed by atoms with van der Waals surface area (Å²) in [5, 5.41) is 8.88. The zero-order chi connectivity index (χ0) is 8.44. The molecule has 0 aromatic heterocycles. The predicted octanol–water partition coefficient (Wildman–Crippen LogP) is 3.26. The second-order valence-corrected chi connectivity index (χ2v) is 4.58. The Hall–Kier alpha value is -0.510. The Morgan fingerprint density at radius 1 is 1.25 bits per heavy atom. The van der Waals surface area contributed by atoms with Gasteiger partial charge in [0.05, 0.1) is 11.5 Å². The zero-order valence-electron chi connectivity index (χ0n) is 7.68. The molecule has 0 radical (unpaired) electrons. The van der Waals surface area contributed by atoms with E-state index in [-0.39, 0.29) is 5.41 Å². The summed E-state index contributed by atoms with van der Waals surface area (Å²) in [5.41, 5.74) is 0.155. The molecule has 1 nitrogen and oxygen atoms in total. The minimum absolute atomic E-state index is 0.155. The third kappa shape index (κ3) is 1.63. The lowest BCUT2D eigenvalue weighted by Gasteiger charge is -2.10. The summed E-state index contributed by atoms with van der Waals surface area (Å²) in [7, 11) is 0. The van der Waals surface area contributed by atoms with Crippen LogP contribution < -0.4 is 0 Å². The van der Waals surface area contributed by atoms with Gasteiger partial charge >= 0.3 is 0 Å². The third-order valence-corrected chi connectivity index (χ3v) is 3.60. The molecule has 0 heterocycles. The first-order chi connectivity index (χ1) is 5.85. The first-order valence-electron chi connectivity index (χ1n) is 5.26. The lowest BCUT2D eigenvalue weighted by molar-refractivity contribution is 0.433. The fraction of sp³-hybridized carbons (Fsp3) is 0.909. The van der Waals surface area contributed by atoms with E-state index in [1.54, 1.807) is 0 Å². The van der Waals surface area contributed by atoms with Crippen LogP contribution in [0.15, 0.2) is 0 Å². The van der Waals surface area contributed by atoms with Crippen LogP contribution >= 0.6 is 0 Å². The molecule has 12 heavy (non-hydrogen) atoms. The summed E-state index contributed by atoms with van der Waals surface area (Å²) >= 11 is 0. The summed E-state index contributed by atoms with van der Waals surface area (Å²) in [5.74, 6) is 0.968. The second kappa shape index (κ2) is 3.09. The van der Waals surface area contributed by atoms with Crippen molar-refractivity contribution in [3.8, 4) is 6.07 Å². The second-order valence-electron chi connectivity index (χ2n) is 4.58. The van der Waals surface area contributed by atoms with Crippen LogP contribution in [0.25, 0.3) is 0 Å². The van der Waals surface area contributed by atoms with Crippen molar-refractivity contribution >= 4 is 0 Å². The normalized spacial score (nSPS) is 26.9. The summed E-state index contributed by atoms with van der Waals surface area (Å²) in [4.78, 5) is 0. The number of hydrogen-bond donors (Lipinski definition) is 0.